The number of esters is 1. The van der Waals surface area contributed by atoms with Crippen LogP contribution in [0.25, 0.3) is 0 Å². The molecule has 0 N–H and O–H groups in total. The molecule has 5 nitrogen and oxygen atoms in total. The van der Waals surface area contributed by atoms with Gasteiger partial charge in [-0.3, -0.25) is 9.59 Å². The van der Waals surface area contributed by atoms with Gasteiger partial charge in [-0.15, -0.1) is 0 Å². The van der Waals surface area contributed by atoms with E-state index >= 15 is 0 Å². The fourth-order valence-electron chi connectivity index (χ4n) is 2.46. The molecule has 0 amide bonds. The van der Waals surface area contributed by atoms with Crippen molar-refractivity contribution in [1.29, 1.82) is 0 Å². The zero-order valence-corrected chi connectivity index (χ0v) is 14.2. The van der Waals surface area contributed by atoms with E-state index in [1.165, 1.54) is 4.81 Å². The van der Waals surface area contributed by atoms with Gasteiger partial charge in [-0.05, 0) is 31.0 Å². The van der Waals surface area contributed by atoms with Crippen molar-refractivity contribution in [3.8, 4) is 0 Å². The van der Waals surface area contributed by atoms with E-state index in [1.54, 1.807) is 24.3 Å². The third kappa shape index (κ3) is 5.36. The maximum atomic E-state index is 12.0. The average Bonchev–Trinajstić information content (AvgIpc) is 2.92. The highest BCUT2D eigenvalue weighted by Gasteiger charge is 2.35. The van der Waals surface area contributed by atoms with Crippen molar-refractivity contribution in [2.75, 3.05) is 19.8 Å². The molecule has 0 aliphatic carbocycles. The average molecular weight is 402 g/mol. The third-order valence-corrected chi connectivity index (χ3v) is 4.20. The van der Waals surface area contributed by atoms with Crippen molar-refractivity contribution < 1.29 is 27.8 Å². The second-order valence-corrected chi connectivity index (χ2v) is 6.36. The molecule has 0 saturated carbocycles. The van der Waals surface area contributed by atoms with Crippen LogP contribution in [0.2, 0.25) is 0 Å². The van der Waals surface area contributed by atoms with Crippen LogP contribution in [0.5, 0.6) is 0 Å². The topological polar surface area (TPSA) is 55.8 Å². The fourth-order valence-corrected chi connectivity index (χ4v) is 2.73. The highest BCUT2D eigenvalue weighted by Crippen LogP contribution is 2.23. The number of rotatable bonds is 7. The Morgan fingerprint density at radius 3 is 2.62 bits per heavy atom. The van der Waals surface area contributed by atoms with Crippen LogP contribution in [-0.4, -0.2) is 57.0 Å². The van der Waals surface area contributed by atoms with Gasteiger partial charge < -0.3 is 14.3 Å². The van der Waals surface area contributed by atoms with Crippen molar-refractivity contribution in [2.24, 2.45) is 5.92 Å². The summed E-state index contributed by atoms with van der Waals surface area (Å²) in [5, 5.41) is 0. The summed E-state index contributed by atoms with van der Waals surface area (Å²) in [6.45, 7) is -3.20. The molecule has 2 rings (SSSR count). The Bertz CT molecular complexity index is 587. The summed E-state index contributed by atoms with van der Waals surface area (Å²) in [4.78, 5) is 25.2. The Morgan fingerprint density at radius 2 is 2.00 bits per heavy atom. The molecule has 24 heavy (non-hydrogen) atoms. The number of alkyl halides is 2. The number of benzene rings is 1. The maximum Gasteiger partial charge on any atom is 0.345 e. The minimum absolute atomic E-state index is 0.188. The van der Waals surface area contributed by atoms with Gasteiger partial charge in [-0.1, -0.05) is 28.1 Å². The standard InChI is InChI=1S/C15H15BBrF2NO4/c16-20-6-9(7-24-15(18)19)5-12(20)14(22)23-8-13(21)10-1-3-11(17)4-2-10/h1-4,9,12,15H,5-8H2/t9?,12-/m0/s1. The molecular weight excluding hydrogens is 387 g/mol. The van der Waals surface area contributed by atoms with E-state index in [-0.39, 0.29) is 31.3 Å². The van der Waals surface area contributed by atoms with Gasteiger partial charge in [0.2, 0.25) is 0 Å². The molecule has 128 valence electrons. The molecule has 1 fully saturated rings. The summed E-state index contributed by atoms with van der Waals surface area (Å²) >= 11 is 3.26. The Hall–Kier alpha value is -1.32. The summed E-state index contributed by atoms with van der Waals surface area (Å²) in [6.07, 6.45) is 0.245. The van der Waals surface area contributed by atoms with E-state index in [0.29, 0.717) is 5.56 Å². The predicted octanol–water partition coefficient (Wildman–Crippen LogP) is 2.19. The van der Waals surface area contributed by atoms with Crippen molar-refractivity contribution in [2.45, 2.75) is 19.1 Å². The molecule has 1 aromatic carbocycles. The van der Waals surface area contributed by atoms with Gasteiger partial charge in [0.25, 0.3) is 0 Å². The summed E-state index contributed by atoms with van der Waals surface area (Å²) in [7, 11) is 5.71. The highest BCUT2D eigenvalue weighted by atomic mass is 79.9. The van der Waals surface area contributed by atoms with Crippen LogP contribution >= 0.6 is 15.9 Å². The largest absolute Gasteiger partial charge is 0.456 e. The monoisotopic (exact) mass is 401 g/mol. The van der Waals surface area contributed by atoms with E-state index < -0.39 is 25.2 Å². The van der Waals surface area contributed by atoms with Gasteiger partial charge in [0, 0.05) is 10.0 Å². The zero-order chi connectivity index (χ0) is 17.7. The van der Waals surface area contributed by atoms with E-state index in [1.807, 2.05) is 0 Å². The fraction of sp³-hybridized carbons (Fsp3) is 0.467. The lowest BCUT2D eigenvalue weighted by molar-refractivity contribution is -0.146. The highest BCUT2D eigenvalue weighted by molar-refractivity contribution is 9.10. The normalized spacial score (nSPS) is 21.2. The molecule has 1 heterocycles. The number of Topliss-reactive ketones (excluding diaryl/α,β-unsaturated/α-hetero) is 1. The number of carbonyl (C=O) groups is 2. The van der Waals surface area contributed by atoms with Gasteiger partial charge >= 0.3 is 12.6 Å². The van der Waals surface area contributed by atoms with Crippen LogP contribution in [0.3, 0.4) is 0 Å². The van der Waals surface area contributed by atoms with E-state index in [0.717, 1.165) is 4.47 Å². The molecule has 2 radical (unpaired) electrons. The first kappa shape index (κ1) is 19.0. The lowest BCUT2D eigenvalue weighted by Crippen LogP contribution is -2.36. The predicted molar refractivity (Wildman–Crippen MR) is 85.7 cm³/mol. The molecule has 1 aliphatic heterocycles. The summed E-state index contributed by atoms with van der Waals surface area (Å²) in [6, 6.07) is 5.88. The first-order valence-corrected chi connectivity index (χ1v) is 8.02. The quantitative estimate of drug-likeness (QED) is 0.398. The summed E-state index contributed by atoms with van der Waals surface area (Å²) in [5.41, 5.74) is 0.422. The van der Waals surface area contributed by atoms with Crippen molar-refractivity contribution >= 4 is 35.7 Å². The number of carbonyl (C=O) groups excluding carboxylic acids is 2. The summed E-state index contributed by atoms with van der Waals surface area (Å²) < 4.78 is 34.2. The molecule has 1 aromatic rings. The van der Waals surface area contributed by atoms with Crippen LogP contribution in [0.15, 0.2) is 28.7 Å². The number of ether oxygens (including phenoxy) is 2. The molecule has 1 aliphatic rings. The minimum atomic E-state index is -2.86. The summed E-state index contributed by atoms with van der Waals surface area (Å²) in [5.74, 6) is -1.28. The zero-order valence-electron chi connectivity index (χ0n) is 12.7. The van der Waals surface area contributed by atoms with Crippen molar-refractivity contribution in [3.05, 3.63) is 34.3 Å². The minimum Gasteiger partial charge on any atom is -0.456 e. The lowest BCUT2D eigenvalue weighted by atomic mass is 10.1. The first-order valence-electron chi connectivity index (χ1n) is 7.23. The number of ketones is 1. The van der Waals surface area contributed by atoms with E-state index in [2.05, 4.69) is 20.7 Å². The van der Waals surface area contributed by atoms with Crippen LogP contribution in [0.1, 0.15) is 16.8 Å². The van der Waals surface area contributed by atoms with E-state index in [4.69, 9.17) is 12.7 Å². The number of hydrogen-bond acceptors (Lipinski definition) is 5. The molecule has 0 aromatic heterocycles. The van der Waals surface area contributed by atoms with Gasteiger partial charge in [0.15, 0.2) is 20.4 Å². The van der Waals surface area contributed by atoms with Gasteiger partial charge in [-0.25, -0.2) is 0 Å². The Balaban J connectivity index is 1.81. The van der Waals surface area contributed by atoms with Crippen molar-refractivity contribution in [1.82, 2.24) is 4.81 Å². The van der Waals surface area contributed by atoms with Gasteiger partial charge in [0.05, 0.1) is 12.6 Å². The Kier molecular flexibility index (Phi) is 6.88. The SMILES string of the molecule is [B]N1CC(COC(F)F)C[C@H]1C(=O)OCC(=O)c1ccc(Br)cc1. The maximum absolute atomic E-state index is 12.0. The number of nitrogens with zero attached hydrogens (tertiary/aromatic N) is 1. The van der Waals surface area contributed by atoms with Crippen LogP contribution in [-0.2, 0) is 14.3 Å². The molecule has 0 bridgehead atoms. The first-order chi connectivity index (χ1) is 11.4. The van der Waals surface area contributed by atoms with Gasteiger partial charge in [0.1, 0.15) is 0 Å². The second-order valence-electron chi connectivity index (χ2n) is 5.45. The molecule has 0 spiro atoms. The Labute approximate surface area is 147 Å². The molecule has 9 heteroatoms. The molecule has 1 unspecified atom stereocenters. The number of halogens is 3. The molecular formula is C15H15BBrF2NO4. The van der Waals surface area contributed by atoms with Crippen LogP contribution < -0.4 is 0 Å². The molecule has 1 saturated heterocycles. The smallest absolute Gasteiger partial charge is 0.345 e. The van der Waals surface area contributed by atoms with Gasteiger partial charge in [-0.2, -0.15) is 8.78 Å². The Morgan fingerprint density at radius 1 is 1.33 bits per heavy atom. The second kappa shape index (κ2) is 8.69. The van der Waals surface area contributed by atoms with Crippen molar-refractivity contribution in [3.63, 3.8) is 0 Å². The van der Waals surface area contributed by atoms with Crippen LogP contribution in [0, 0.1) is 5.92 Å². The van der Waals surface area contributed by atoms with E-state index in [9.17, 15) is 18.4 Å². The molecule has 2 atom stereocenters. The third-order valence-electron chi connectivity index (χ3n) is 3.67. The number of hydrogen-bond donors (Lipinski definition) is 0. The lowest BCUT2D eigenvalue weighted by Gasteiger charge is -2.17. The van der Waals surface area contributed by atoms with Crippen LogP contribution in [0.4, 0.5) is 8.78 Å².